The highest BCUT2D eigenvalue weighted by atomic mass is 16.3. The third-order valence-electron chi connectivity index (χ3n) is 1.17. The molecule has 0 aliphatic rings. The van der Waals surface area contributed by atoms with Crippen LogP contribution in [0, 0.1) is 17.4 Å². The number of aliphatic hydroxyl groups is 1. The van der Waals surface area contributed by atoms with Crippen molar-refractivity contribution in [1.82, 2.24) is 0 Å². The summed E-state index contributed by atoms with van der Waals surface area (Å²) in [5.41, 5.74) is 0.588. The molecule has 2 nitrogen and oxygen atoms in total. The Morgan fingerprint density at radius 2 is 2.50 bits per heavy atom. The topological polar surface area (TPSA) is 44.0 Å². The van der Waals surface area contributed by atoms with E-state index in [1.807, 2.05) is 0 Å². The van der Waals surface area contributed by atoms with Gasteiger partial charge in [0.1, 0.15) is 0 Å². The van der Waals surface area contributed by atoms with Crippen LogP contribution < -0.4 is 0 Å². The highest BCUT2D eigenvalue weighted by Crippen LogP contribution is 2.08. The van der Waals surface area contributed by atoms with E-state index in [9.17, 15) is 0 Å². The lowest BCUT2D eigenvalue weighted by Gasteiger charge is -1.98. The molecule has 1 rings (SSSR count). The summed E-state index contributed by atoms with van der Waals surface area (Å²) >= 11 is 0. The maximum Gasteiger partial charge on any atom is 0.165 e. The standard InChI is InChI=1S/C8H6NO/c9-6-8(10)7-4-2-1-3-5-7/h1-2,4-5,8,10H. The van der Waals surface area contributed by atoms with E-state index >= 15 is 0 Å². The Bertz CT molecular complexity index is 237. The third-order valence-corrected chi connectivity index (χ3v) is 1.17. The smallest absolute Gasteiger partial charge is 0.165 e. The summed E-state index contributed by atoms with van der Waals surface area (Å²) in [4.78, 5) is 0. The van der Waals surface area contributed by atoms with Crippen LogP contribution in [0.15, 0.2) is 24.3 Å². The highest BCUT2D eigenvalue weighted by Gasteiger charge is 2.01. The minimum Gasteiger partial charge on any atom is -0.374 e. The number of aliphatic hydroxyl groups excluding tert-OH is 1. The first-order valence-corrected chi connectivity index (χ1v) is 2.88. The van der Waals surface area contributed by atoms with Crippen LogP contribution >= 0.6 is 0 Å². The van der Waals surface area contributed by atoms with Crippen molar-refractivity contribution in [2.45, 2.75) is 6.10 Å². The average molecular weight is 132 g/mol. The van der Waals surface area contributed by atoms with Crippen LogP contribution in [0.2, 0.25) is 0 Å². The molecule has 0 amide bonds. The molecule has 0 aliphatic carbocycles. The van der Waals surface area contributed by atoms with Crippen LogP contribution in [0.3, 0.4) is 0 Å². The van der Waals surface area contributed by atoms with Gasteiger partial charge in [-0.2, -0.15) is 5.26 Å². The van der Waals surface area contributed by atoms with Crippen molar-refractivity contribution in [1.29, 1.82) is 5.26 Å². The van der Waals surface area contributed by atoms with Crippen LogP contribution in [0.4, 0.5) is 0 Å². The normalized spacial score (nSPS) is 12.0. The summed E-state index contributed by atoms with van der Waals surface area (Å²) in [6.45, 7) is 0. The van der Waals surface area contributed by atoms with E-state index < -0.39 is 6.10 Å². The zero-order chi connectivity index (χ0) is 7.40. The Kier molecular flexibility index (Phi) is 2.03. The van der Waals surface area contributed by atoms with Crippen molar-refractivity contribution in [2.24, 2.45) is 0 Å². The van der Waals surface area contributed by atoms with E-state index in [-0.39, 0.29) is 0 Å². The van der Waals surface area contributed by atoms with Gasteiger partial charge in [-0.1, -0.05) is 18.2 Å². The van der Waals surface area contributed by atoms with Gasteiger partial charge in [0.25, 0.3) is 0 Å². The first-order chi connectivity index (χ1) is 4.84. The van der Waals surface area contributed by atoms with Crippen LogP contribution in [0.25, 0.3) is 0 Å². The number of hydrogen-bond donors (Lipinski definition) is 1. The molecule has 0 spiro atoms. The van der Waals surface area contributed by atoms with E-state index in [1.165, 1.54) is 0 Å². The number of rotatable bonds is 1. The molecule has 0 heterocycles. The summed E-state index contributed by atoms with van der Waals surface area (Å²) in [5.74, 6) is 0. The summed E-state index contributed by atoms with van der Waals surface area (Å²) in [5, 5.41) is 17.2. The maximum atomic E-state index is 8.95. The summed E-state index contributed by atoms with van der Waals surface area (Å²) in [7, 11) is 0. The van der Waals surface area contributed by atoms with Crippen LogP contribution in [-0.4, -0.2) is 5.11 Å². The molecule has 1 aromatic carbocycles. The fraction of sp³-hybridized carbons (Fsp3) is 0.125. The van der Waals surface area contributed by atoms with E-state index in [0.717, 1.165) is 0 Å². The molecule has 1 radical (unpaired) electrons. The first-order valence-electron chi connectivity index (χ1n) is 2.88. The first kappa shape index (κ1) is 6.79. The van der Waals surface area contributed by atoms with Crippen molar-refractivity contribution >= 4 is 0 Å². The van der Waals surface area contributed by atoms with Gasteiger partial charge < -0.3 is 5.11 Å². The summed E-state index contributed by atoms with van der Waals surface area (Å²) < 4.78 is 0. The van der Waals surface area contributed by atoms with E-state index in [0.29, 0.717) is 5.56 Å². The zero-order valence-corrected chi connectivity index (χ0v) is 5.28. The van der Waals surface area contributed by atoms with E-state index in [1.54, 1.807) is 30.3 Å². The Balaban J connectivity index is 2.88. The molecule has 0 aromatic heterocycles. The fourth-order valence-electron chi connectivity index (χ4n) is 0.652. The van der Waals surface area contributed by atoms with Gasteiger partial charge in [0.2, 0.25) is 0 Å². The van der Waals surface area contributed by atoms with E-state index in [4.69, 9.17) is 10.4 Å². The van der Waals surface area contributed by atoms with Crippen LogP contribution in [0.1, 0.15) is 11.7 Å². The third kappa shape index (κ3) is 1.34. The average Bonchev–Trinajstić information content (AvgIpc) is 2.05. The molecule has 49 valence electrons. The Labute approximate surface area is 59.3 Å². The molecule has 10 heavy (non-hydrogen) atoms. The Morgan fingerprint density at radius 3 is 3.00 bits per heavy atom. The molecular formula is C8H6NO. The van der Waals surface area contributed by atoms with Crippen molar-refractivity contribution < 1.29 is 5.11 Å². The minimum absolute atomic E-state index is 0.588. The fourth-order valence-corrected chi connectivity index (χ4v) is 0.652. The monoisotopic (exact) mass is 132 g/mol. The minimum atomic E-state index is -1.02. The predicted octanol–water partition coefficient (Wildman–Crippen LogP) is 1.04. The molecule has 1 N–H and O–H groups in total. The molecule has 2 heteroatoms. The lowest BCUT2D eigenvalue weighted by atomic mass is 10.1. The summed E-state index contributed by atoms with van der Waals surface area (Å²) in [6, 6.07) is 11.2. The molecule has 1 aromatic rings. The molecule has 0 saturated carbocycles. The molecule has 1 atom stereocenters. The van der Waals surface area contributed by atoms with Gasteiger partial charge in [-0.15, -0.1) is 0 Å². The maximum absolute atomic E-state index is 8.95. The highest BCUT2D eigenvalue weighted by molar-refractivity contribution is 5.20. The van der Waals surface area contributed by atoms with Gasteiger partial charge in [0.15, 0.2) is 6.10 Å². The van der Waals surface area contributed by atoms with Gasteiger partial charge in [-0.05, 0) is 17.7 Å². The Morgan fingerprint density at radius 1 is 1.70 bits per heavy atom. The largest absolute Gasteiger partial charge is 0.374 e. The number of hydrogen-bond acceptors (Lipinski definition) is 2. The zero-order valence-electron chi connectivity index (χ0n) is 5.28. The molecule has 0 bridgehead atoms. The molecular weight excluding hydrogens is 126 g/mol. The SMILES string of the molecule is N#CC(O)c1c[c]ccc1. The lowest BCUT2D eigenvalue weighted by molar-refractivity contribution is 0.236. The second kappa shape index (κ2) is 3.00. The molecule has 0 saturated heterocycles. The molecule has 0 aliphatic heterocycles. The van der Waals surface area contributed by atoms with Crippen LogP contribution in [-0.2, 0) is 0 Å². The van der Waals surface area contributed by atoms with Crippen molar-refractivity contribution in [3.05, 3.63) is 35.9 Å². The Hall–Kier alpha value is -1.33. The van der Waals surface area contributed by atoms with Gasteiger partial charge in [0.05, 0.1) is 6.07 Å². The predicted molar refractivity (Wildman–Crippen MR) is 35.9 cm³/mol. The second-order valence-electron chi connectivity index (χ2n) is 1.87. The van der Waals surface area contributed by atoms with Crippen molar-refractivity contribution in [3.63, 3.8) is 0 Å². The van der Waals surface area contributed by atoms with Crippen molar-refractivity contribution in [3.8, 4) is 6.07 Å². The number of benzene rings is 1. The van der Waals surface area contributed by atoms with Gasteiger partial charge in [-0.25, -0.2) is 0 Å². The van der Waals surface area contributed by atoms with Gasteiger partial charge in [-0.3, -0.25) is 0 Å². The van der Waals surface area contributed by atoms with Crippen molar-refractivity contribution in [2.75, 3.05) is 0 Å². The molecule has 0 fully saturated rings. The van der Waals surface area contributed by atoms with Gasteiger partial charge >= 0.3 is 0 Å². The number of nitriles is 1. The lowest BCUT2D eigenvalue weighted by Crippen LogP contribution is -1.91. The number of nitrogens with zero attached hydrogens (tertiary/aromatic N) is 1. The van der Waals surface area contributed by atoms with Crippen LogP contribution in [0.5, 0.6) is 0 Å². The molecule has 1 unspecified atom stereocenters. The quantitative estimate of drug-likeness (QED) is 0.580. The second-order valence-corrected chi connectivity index (χ2v) is 1.87. The van der Waals surface area contributed by atoms with E-state index in [2.05, 4.69) is 6.07 Å². The van der Waals surface area contributed by atoms with Gasteiger partial charge in [0, 0.05) is 0 Å². The summed E-state index contributed by atoms with van der Waals surface area (Å²) in [6.07, 6.45) is -1.02.